The first-order valence-electron chi connectivity index (χ1n) is 7.17. The molecule has 0 aliphatic carbocycles. The fourth-order valence-electron chi connectivity index (χ4n) is 2.19. The number of amides is 2. The average Bonchev–Trinajstić information content (AvgIpc) is 2.95. The molecule has 0 fully saturated rings. The highest BCUT2D eigenvalue weighted by molar-refractivity contribution is 5.90. The van der Waals surface area contributed by atoms with Crippen LogP contribution >= 0.6 is 0 Å². The molecule has 1 unspecified atom stereocenters. The molecule has 0 bridgehead atoms. The van der Waals surface area contributed by atoms with Crippen LogP contribution < -0.4 is 16.4 Å². The molecule has 0 aliphatic heterocycles. The molecule has 9 heteroatoms. The number of carboxylic acid groups (broad SMARTS) is 1. The van der Waals surface area contributed by atoms with E-state index in [1.165, 1.54) is 0 Å². The van der Waals surface area contributed by atoms with E-state index in [1.54, 1.807) is 11.5 Å². The number of nitrogens with one attached hydrogen (secondary N) is 3. The fraction of sp³-hybridized carbons (Fsp3) is 0.267. The van der Waals surface area contributed by atoms with Crippen LogP contribution in [0.15, 0.2) is 30.5 Å². The second-order valence-electron chi connectivity index (χ2n) is 5.20. The third-order valence-corrected chi connectivity index (χ3v) is 3.41. The normalized spacial score (nSPS) is 13.2. The van der Waals surface area contributed by atoms with Crippen molar-refractivity contribution in [3.8, 4) is 0 Å². The van der Waals surface area contributed by atoms with E-state index in [9.17, 15) is 14.4 Å². The first-order chi connectivity index (χ1) is 11.4. The zero-order chi connectivity index (χ0) is 17.7. The summed E-state index contributed by atoms with van der Waals surface area (Å²) in [6.45, 7) is -0.481. The Morgan fingerprint density at radius 2 is 1.96 bits per heavy atom. The molecule has 128 valence electrons. The van der Waals surface area contributed by atoms with E-state index in [-0.39, 0.29) is 6.42 Å². The summed E-state index contributed by atoms with van der Waals surface area (Å²) < 4.78 is 0. The first-order valence-corrected chi connectivity index (χ1v) is 7.17. The molecule has 2 atom stereocenters. The predicted octanol–water partition coefficient (Wildman–Crippen LogP) is -1.33. The SMILES string of the molecule is N[C@@H](Cc1c[nH]c2ccccc12)C(=O)NCC(=O)NC(O)C(=O)O. The molecule has 2 amide bonds. The lowest BCUT2D eigenvalue weighted by atomic mass is 10.1. The molecule has 1 heterocycles. The van der Waals surface area contributed by atoms with Gasteiger partial charge in [-0.15, -0.1) is 0 Å². The quantitative estimate of drug-likeness (QED) is 0.344. The van der Waals surface area contributed by atoms with Gasteiger partial charge in [-0.25, -0.2) is 4.79 Å². The number of aliphatic hydroxyl groups is 1. The van der Waals surface area contributed by atoms with Gasteiger partial charge in [-0.3, -0.25) is 9.59 Å². The lowest BCUT2D eigenvalue weighted by Crippen LogP contribution is -2.48. The zero-order valence-corrected chi connectivity index (χ0v) is 12.7. The van der Waals surface area contributed by atoms with Crippen LogP contribution in [0.25, 0.3) is 10.9 Å². The minimum absolute atomic E-state index is 0.273. The fourth-order valence-corrected chi connectivity index (χ4v) is 2.19. The third kappa shape index (κ3) is 4.31. The maximum Gasteiger partial charge on any atom is 0.353 e. The average molecular weight is 334 g/mol. The highest BCUT2D eigenvalue weighted by Crippen LogP contribution is 2.18. The number of hydrogen-bond acceptors (Lipinski definition) is 5. The number of hydrogen-bond donors (Lipinski definition) is 6. The van der Waals surface area contributed by atoms with Crippen molar-refractivity contribution in [3.05, 3.63) is 36.0 Å². The lowest BCUT2D eigenvalue weighted by molar-refractivity contribution is -0.151. The van der Waals surface area contributed by atoms with Crippen molar-refractivity contribution in [2.24, 2.45) is 5.73 Å². The van der Waals surface area contributed by atoms with Gasteiger partial charge in [0.1, 0.15) is 0 Å². The van der Waals surface area contributed by atoms with Crippen molar-refractivity contribution in [2.45, 2.75) is 18.7 Å². The number of benzene rings is 1. The van der Waals surface area contributed by atoms with Crippen molar-refractivity contribution in [3.63, 3.8) is 0 Å². The molecule has 0 saturated heterocycles. The molecule has 24 heavy (non-hydrogen) atoms. The maximum absolute atomic E-state index is 11.9. The lowest BCUT2D eigenvalue weighted by Gasteiger charge is -2.13. The van der Waals surface area contributed by atoms with Gasteiger partial charge < -0.3 is 31.6 Å². The topological polar surface area (TPSA) is 158 Å². The van der Waals surface area contributed by atoms with Gasteiger partial charge >= 0.3 is 5.97 Å². The molecule has 2 rings (SSSR count). The summed E-state index contributed by atoms with van der Waals surface area (Å²) in [5, 5.41) is 22.5. The Kier molecular flexibility index (Phi) is 5.51. The number of carbonyl (C=O) groups excluding carboxylic acids is 2. The van der Waals surface area contributed by atoms with Gasteiger partial charge in [0.15, 0.2) is 0 Å². The van der Waals surface area contributed by atoms with Crippen LogP contribution in [-0.4, -0.2) is 51.8 Å². The van der Waals surface area contributed by atoms with Gasteiger partial charge in [0, 0.05) is 17.1 Å². The van der Waals surface area contributed by atoms with Gasteiger partial charge in [-0.1, -0.05) is 18.2 Å². The standard InChI is InChI=1S/C15H18N4O5/c16-10(5-8-6-17-11-4-2-1-3-9(8)11)13(21)18-7-12(20)19-14(22)15(23)24/h1-4,6,10,14,17,22H,5,7,16H2,(H,18,21)(H,19,20)(H,23,24)/t10-,14?/m0/s1. The van der Waals surface area contributed by atoms with Gasteiger partial charge in [0.2, 0.25) is 18.0 Å². The van der Waals surface area contributed by atoms with Gasteiger partial charge in [0.25, 0.3) is 0 Å². The summed E-state index contributed by atoms with van der Waals surface area (Å²) in [6, 6.07) is 6.71. The molecule has 7 N–H and O–H groups in total. The van der Waals surface area contributed by atoms with Crippen LogP contribution in [0.4, 0.5) is 0 Å². The van der Waals surface area contributed by atoms with E-state index in [2.05, 4.69) is 10.3 Å². The number of aliphatic hydroxyl groups excluding tert-OH is 1. The first kappa shape index (κ1) is 17.4. The largest absolute Gasteiger partial charge is 0.478 e. The zero-order valence-electron chi connectivity index (χ0n) is 12.7. The minimum Gasteiger partial charge on any atom is -0.478 e. The van der Waals surface area contributed by atoms with Crippen molar-refractivity contribution in [1.82, 2.24) is 15.6 Å². The Morgan fingerprint density at radius 3 is 2.67 bits per heavy atom. The van der Waals surface area contributed by atoms with E-state index in [1.807, 2.05) is 24.3 Å². The number of aromatic nitrogens is 1. The van der Waals surface area contributed by atoms with E-state index >= 15 is 0 Å². The summed E-state index contributed by atoms with van der Waals surface area (Å²) in [5.41, 5.74) is 7.64. The molecule has 0 saturated carbocycles. The highest BCUT2D eigenvalue weighted by atomic mass is 16.4. The Hall–Kier alpha value is -2.91. The number of para-hydroxylation sites is 1. The highest BCUT2D eigenvalue weighted by Gasteiger charge is 2.19. The van der Waals surface area contributed by atoms with Crippen LogP contribution in [0.3, 0.4) is 0 Å². The van der Waals surface area contributed by atoms with E-state index in [0.717, 1.165) is 16.5 Å². The summed E-state index contributed by atoms with van der Waals surface area (Å²) in [6.07, 6.45) is 0.0254. The van der Waals surface area contributed by atoms with Gasteiger partial charge in [-0.05, 0) is 18.1 Å². The number of rotatable bonds is 7. The number of fused-ring (bicyclic) bond motifs is 1. The molecule has 1 aromatic heterocycles. The van der Waals surface area contributed by atoms with E-state index in [0.29, 0.717) is 0 Å². The second-order valence-corrected chi connectivity index (χ2v) is 5.20. The molecule has 0 radical (unpaired) electrons. The maximum atomic E-state index is 11.9. The Labute approximate surface area is 136 Å². The van der Waals surface area contributed by atoms with Gasteiger partial charge in [0.05, 0.1) is 12.6 Å². The molecule has 2 aromatic rings. The number of carboxylic acids is 1. The summed E-state index contributed by atoms with van der Waals surface area (Å²) in [7, 11) is 0. The molecule has 1 aromatic carbocycles. The monoisotopic (exact) mass is 334 g/mol. The predicted molar refractivity (Wildman–Crippen MR) is 84.8 cm³/mol. The summed E-state index contributed by atoms with van der Waals surface area (Å²) in [5.74, 6) is -2.98. The Balaban J connectivity index is 1.86. The van der Waals surface area contributed by atoms with Crippen LogP contribution in [0.1, 0.15) is 5.56 Å². The number of aromatic amines is 1. The number of carbonyl (C=O) groups is 3. The Morgan fingerprint density at radius 1 is 1.25 bits per heavy atom. The van der Waals surface area contributed by atoms with Crippen molar-refractivity contribution in [1.29, 1.82) is 0 Å². The molecule has 0 aliphatic rings. The molecule has 9 nitrogen and oxygen atoms in total. The van der Waals surface area contributed by atoms with Crippen LogP contribution in [0, 0.1) is 0 Å². The van der Waals surface area contributed by atoms with Crippen molar-refractivity contribution in [2.75, 3.05) is 6.54 Å². The van der Waals surface area contributed by atoms with Crippen LogP contribution in [0.5, 0.6) is 0 Å². The van der Waals surface area contributed by atoms with E-state index in [4.69, 9.17) is 15.9 Å². The van der Waals surface area contributed by atoms with Crippen LogP contribution in [-0.2, 0) is 20.8 Å². The van der Waals surface area contributed by atoms with Gasteiger partial charge in [-0.2, -0.15) is 0 Å². The van der Waals surface area contributed by atoms with Crippen LogP contribution in [0.2, 0.25) is 0 Å². The Bertz CT molecular complexity index is 757. The van der Waals surface area contributed by atoms with E-state index < -0.39 is 36.6 Å². The molecule has 0 spiro atoms. The minimum atomic E-state index is -2.02. The third-order valence-electron chi connectivity index (χ3n) is 3.41. The van der Waals surface area contributed by atoms with Crippen molar-refractivity contribution >= 4 is 28.7 Å². The number of nitrogens with two attached hydrogens (primary N) is 1. The van der Waals surface area contributed by atoms with Crippen molar-refractivity contribution < 1.29 is 24.6 Å². The number of H-pyrrole nitrogens is 1. The number of aliphatic carboxylic acids is 1. The second kappa shape index (κ2) is 7.57. The smallest absolute Gasteiger partial charge is 0.353 e. The summed E-state index contributed by atoms with van der Waals surface area (Å²) >= 11 is 0. The summed E-state index contributed by atoms with van der Waals surface area (Å²) in [4.78, 5) is 36.8. The molecular weight excluding hydrogens is 316 g/mol. The molecular formula is C15H18N4O5.